The number of amides is 1. The number of para-hydroxylation sites is 1. The van der Waals surface area contributed by atoms with Crippen LogP contribution in [0.5, 0.6) is 0 Å². The van der Waals surface area contributed by atoms with Crippen molar-refractivity contribution >= 4 is 40.1 Å². The zero-order valence-corrected chi connectivity index (χ0v) is 16.0. The number of fused-ring (bicyclic) bond motifs is 1. The van der Waals surface area contributed by atoms with Crippen molar-refractivity contribution in [3.8, 4) is 0 Å². The van der Waals surface area contributed by atoms with Gasteiger partial charge in [0, 0.05) is 13.1 Å². The molecular formula is C19H20ClN5O2. The number of carbonyl (C=O) groups excluding carboxylic acids is 1. The smallest absolute Gasteiger partial charge is 0.263 e. The van der Waals surface area contributed by atoms with Crippen molar-refractivity contribution in [3.05, 3.63) is 40.8 Å². The van der Waals surface area contributed by atoms with Crippen LogP contribution in [0.3, 0.4) is 0 Å². The van der Waals surface area contributed by atoms with Gasteiger partial charge in [0.05, 0.1) is 22.3 Å². The lowest BCUT2D eigenvalue weighted by molar-refractivity contribution is -0.120. The molecule has 1 saturated heterocycles. The number of nitrogens with one attached hydrogen (secondary N) is 1. The molecule has 0 saturated carbocycles. The first kappa shape index (κ1) is 17.7. The number of aryl methyl sites for hydroxylation is 2. The Labute approximate surface area is 161 Å². The van der Waals surface area contributed by atoms with Gasteiger partial charge in [0.25, 0.3) is 5.71 Å². The first-order valence-corrected chi connectivity index (χ1v) is 9.31. The topological polar surface area (TPSA) is 84.2 Å². The van der Waals surface area contributed by atoms with E-state index < -0.39 is 0 Å². The van der Waals surface area contributed by atoms with Crippen LogP contribution in [0.4, 0.5) is 11.5 Å². The van der Waals surface area contributed by atoms with Gasteiger partial charge in [0.2, 0.25) is 5.91 Å². The molecule has 4 rings (SSSR count). The molecule has 2 aromatic heterocycles. The average Bonchev–Trinajstić information content (AvgIpc) is 3.03. The minimum Gasteiger partial charge on any atom is -0.355 e. The fraction of sp³-hybridized carbons (Fsp3) is 0.368. The molecular weight excluding hydrogens is 366 g/mol. The summed E-state index contributed by atoms with van der Waals surface area (Å²) >= 11 is 6.16. The van der Waals surface area contributed by atoms with Crippen LogP contribution in [0.15, 0.2) is 28.8 Å². The Balaban J connectivity index is 1.58. The largest absolute Gasteiger partial charge is 0.355 e. The molecule has 7 nitrogen and oxygen atoms in total. The van der Waals surface area contributed by atoms with Crippen LogP contribution in [-0.4, -0.2) is 34.1 Å². The molecule has 1 aliphatic rings. The number of hydrogen-bond donors (Lipinski definition) is 1. The van der Waals surface area contributed by atoms with Crippen LogP contribution in [0.25, 0.3) is 11.1 Å². The number of halogens is 1. The molecule has 1 atom stereocenters. The van der Waals surface area contributed by atoms with Crippen LogP contribution in [0.1, 0.15) is 24.4 Å². The van der Waals surface area contributed by atoms with Gasteiger partial charge in [-0.2, -0.15) is 4.98 Å². The minimum absolute atomic E-state index is 0.0307. The van der Waals surface area contributed by atoms with Crippen LogP contribution in [0.2, 0.25) is 5.02 Å². The minimum atomic E-state index is -0.152. The molecule has 1 aromatic carbocycles. The summed E-state index contributed by atoms with van der Waals surface area (Å²) in [6, 6.07) is 7.26. The number of hydrogen-bond acceptors (Lipinski definition) is 6. The van der Waals surface area contributed by atoms with E-state index in [0.717, 1.165) is 36.3 Å². The summed E-state index contributed by atoms with van der Waals surface area (Å²) in [5.74, 6) is 1.22. The maximum absolute atomic E-state index is 12.8. The molecule has 3 heterocycles. The molecule has 27 heavy (non-hydrogen) atoms. The summed E-state index contributed by atoms with van der Waals surface area (Å²) in [4.78, 5) is 23.8. The number of aromatic nitrogens is 3. The summed E-state index contributed by atoms with van der Waals surface area (Å²) in [6.07, 6.45) is 1.72. The first-order valence-electron chi connectivity index (χ1n) is 8.94. The third-order valence-electron chi connectivity index (χ3n) is 4.82. The highest BCUT2D eigenvalue weighted by Gasteiger charge is 2.29. The highest BCUT2D eigenvalue weighted by atomic mass is 35.5. The highest BCUT2D eigenvalue weighted by molar-refractivity contribution is 6.33. The van der Waals surface area contributed by atoms with Crippen molar-refractivity contribution in [2.24, 2.45) is 5.92 Å². The van der Waals surface area contributed by atoms with Gasteiger partial charge in [-0.25, -0.2) is 4.98 Å². The summed E-state index contributed by atoms with van der Waals surface area (Å²) < 4.78 is 5.31. The number of carbonyl (C=O) groups is 1. The molecule has 0 aliphatic carbocycles. The van der Waals surface area contributed by atoms with Crippen molar-refractivity contribution in [1.29, 1.82) is 0 Å². The van der Waals surface area contributed by atoms with Crippen LogP contribution < -0.4 is 10.2 Å². The normalized spacial score (nSPS) is 17.3. The number of nitrogens with zero attached hydrogens (tertiary/aromatic N) is 4. The Bertz CT molecular complexity index is 1000. The van der Waals surface area contributed by atoms with E-state index in [-0.39, 0.29) is 11.8 Å². The lowest BCUT2D eigenvalue weighted by Gasteiger charge is -2.33. The molecule has 0 spiro atoms. The van der Waals surface area contributed by atoms with Gasteiger partial charge in [0.15, 0.2) is 0 Å². The van der Waals surface area contributed by atoms with Gasteiger partial charge in [-0.1, -0.05) is 28.9 Å². The molecule has 0 radical (unpaired) electrons. The van der Waals surface area contributed by atoms with Crippen LogP contribution in [-0.2, 0) is 4.79 Å². The Morgan fingerprint density at radius 1 is 1.30 bits per heavy atom. The molecule has 1 N–H and O–H groups in total. The summed E-state index contributed by atoms with van der Waals surface area (Å²) in [5, 5.41) is 8.31. The average molecular weight is 386 g/mol. The standard InChI is InChI=1S/C19H20ClN5O2/c1-11-16-17(21-12(2)22-19(16)27-24-11)25-9-5-6-13(10-25)18(26)23-15-8-4-3-7-14(15)20/h3-4,7-8,13H,5-6,9-10H2,1-2H3,(H,23,26)/t13-/m0/s1. The zero-order chi connectivity index (χ0) is 19.0. The molecule has 1 fully saturated rings. The maximum Gasteiger partial charge on any atom is 0.263 e. The summed E-state index contributed by atoms with van der Waals surface area (Å²) in [6.45, 7) is 5.10. The molecule has 0 bridgehead atoms. The second kappa shape index (κ2) is 7.15. The Hall–Kier alpha value is -2.67. The van der Waals surface area contributed by atoms with Crippen molar-refractivity contribution < 1.29 is 9.32 Å². The fourth-order valence-corrected chi connectivity index (χ4v) is 3.67. The van der Waals surface area contributed by atoms with E-state index in [1.165, 1.54) is 0 Å². The predicted molar refractivity (Wildman–Crippen MR) is 104 cm³/mol. The van der Waals surface area contributed by atoms with E-state index in [9.17, 15) is 4.79 Å². The van der Waals surface area contributed by atoms with Crippen molar-refractivity contribution in [2.45, 2.75) is 26.7 Å². The Morgan fingerprint density at radius 2 is 2.11 bits per heavy atom. The molecule has 140 valence electrons. The molecule has 0 unspecified atom stereocenters. The molecule has 1 amide bonds. The lowest BCUT2D eigenvalue weighted by atomic mass is 9.96. The third kappa shape index (κ3) is 3.47. The second-order valence-corrected chi connectivity index (χ2v) is 7.20. The van der Waals surface area contributed by atoms with Crippen molar-refractivity contribution in [2.75, 3.05) is 23.3 Å². The zero-order valence-electron chi connectivity index (χ0n) is 15.2. The second-order valence-electron chi connectivity index (χ2n) is 6.80. The monoisotopic (exact) mass is 385 g/mol. The number of benzene rings is 1. The third-order valence-corrected chi connectivity index (χ3v) is 5.15. The van der Waals surface area contributed by atoms with Gasteiger partial charge in [-0.15, -0.1) is 0 Å². The number of rotatable bonds is 3. The van der Waals surface area contributed by atoms with E-state index in [1.54, 1.807) is 12.1 Å². The summed E-state index contributed by atoms with van der Waals surface area (Å²) in [5.41, 5.74) is 1.87. The molecule has 8 heteroatoms. The van der Waals surface area contributed by atoms with E-state index in [4.69, 9.17) is 16.1 Å². The highest BCUT2D eigenvalue weighted by Crippen LogP contribution is 2.31. The van der Waals surface area contributed by atoms with E-state index in [1.807, 2.05) is 26.0 Å². The maximum atomic E-state index is 12.8. The molecule has 1 aliphatic heterocycles. The number of anilines is 2. The molecule has 3 aromatic rings. The lowest BCUT2D eigenvalue weighted by Crippen LogP contribution is -2.41. The van der Waals surface area contributed by atoms with Crippen molar-refractivity contribution in [1.82, 2.24) is 15.1 Å². The Kier molecular flexibility index (Phi) is 4.70. The van der Waals surface area contributed by atoms with Gasteiger partial charge >= 0.3 is 0 Å². The van der Waals surface area contributed by atoms with E-state index >= 15 is 0 Å². The quantitative estimate of drug-likeness (QED) is 0.739. The van der Waals surface area contributed by atoms with Gasteiger partial charge in [-0.3, -0.25) is 4.79 Å². The van der Waals surface area contributed by atoms with E-state index in [0.29, 0.717) is 28.8 Å². The van der Waals surface area contributed by atoms with Gasteiger partial charge in [-0.05, 0) is 38.8 Å². The number of piperidine rings is 1. The van der Waals surface area contributed by atoms with E-state index in [2.05, 4.69) is 25.3 Å². The predicted octanol–water partition coefficient (Wildman–Crippen LogP) is 3.74. The SMILES string of the molecule is Cc1nc(N2CCC[C@H](C(=O)Nc3ccccc3Cl)C2)c2c(C)noc2n1. The van der Waals surface area contributed by atoms with Gasteiger partial charge in [0.1, 0.15) is 17.0 Å². The summed E-state index contributed by atoms with van der Waals surface area (Å²) in [7, 11) is 0. The Morgan fingerprint density at radius 3 is 2.93 bits per heavy atom. The fourth-order valence-electron chi connectivity index (χ4n) is 3.48. The van der Waals surface area contributed by atoms with Crippen LogP contribution >= 0.6 is 11.6 Å². The van der Waals surface area contributed by atoms with Crippen molar-refractivity contribution in [3.63, 3.8) is 0 Å². The van der Waals surface area contributed by atoms with Crippen LogP contribution in [0, 0.1) is 19.8 Å². The van der Waals surface area contributed by atoms with Gasteiger partial charge < -0.3 is 14.7 Å². The first-order chi connectivity index (χ1) is 13.0.